The van der Waals surface area contributed by atoms with Gasteiger partial charge in [0, 0.05) is 18.1 Å². The summed E-state index contributed by atoms with van der Waals surface area (Å²) < 4.78 is 6.73. The van der Waals surface area contributed by atoms with E-state index in [-0.39, 0.29) is 5.04 Å². The van der Waals surface area contributed by atoms with Gasteiger partial charge in [-0.3, -0.25) is 0 Å². The van der Waals surface area contributed by atoms with Gasteiger partial charge in [0.25, 0.3) is 8.32 Å². The van der Waals surface area contributed by atoms with E-state index in [4.69, 9.17) is 16.0 Å². The van der Waals surface area contributed by atoms with Crippen LogP contribution in [0.25, 0.3) is 0 Å². The topological polar surface area (TPSA) is 9.23 Å². The molecule has 0 amide bonds. The van der Waals surface area contributed by atoms with Crippen LogP contribution in [0, 0.1) is 0 Å². The van der Waals surface area contributed by atoms with Gasteiger partial charge >= 0.3 is 0 Å². The summed E-state index contributed by atoms with van der Waals surface area (Å²) in [6, 6.07) is 21.3. The third-order valence-corrected chi connectivity index (χ3v) is 10.4. The summed E-state index contributed by atoms with van der Waals surface area (Å²) in [6.45, 7) is 7.44. The van der Waals surface area contributed by atoms with Gasteiger partial charge in [0.15, 0.2) is 0 Å². The Labute approximate surface area is 160 Å². The van der Waals surface area contributed by atoms with Crippen LogP contribution in [0.4, 0.5) is 0 Å². The van der Waals surface area contributed by atoms with Crippen molar-refractivity contribution in [2.45, 2.75) is 32.2 Å². The standard InChI is InChI=1S/C20H24BrClOSi/c1-20(2,3)24(18-10-6-4-7-11-18,19-12-8-5-9-13-19)23-15-14-17(22)16-21/h4-13,16H,14-15H2,1-3H3/b17-16-. The van der Waals surface area contributed by atoms with Crippen molar-refractivity contribution in [2.75, 3.05) is 6.61 Å². The molecular formula is C20H24BrClOSi. The minimum atomic E-state index is -2.43. The van der Waals surface area contributed by atoms with E-state index in [9.17, 15) is 0 Å². The molecule has 128 valence electrons. The molecule has 4 heteroatoms. The second kappa shape index (κ2) is 8.48. The minimum absolute atomic E-state index is 0.000297. The lowest BCUT2D eigenvalue weighted by Gasteiger charge is -2.43. The van der Waals surface area contributed by atoms with Crippen molar-refractivity contribution in [3.8, 4) is 0 Å². The summed E-state index contributed by atoms with van der Waals surface area (Å²) in [6.07, 6.45) is 0.706. The molecule has 24 heavy (non-hydrogen) atoms. The average Bonchev–Trinajstić information content (AvgIpc) is 2.59. The van der Waals surface area contributed by atoms with Gasteiger partial charge in [-0.2, -0.15) is 0 Å². The van der Waals surface area contributed by atoms with Crippen molar-refractivity contribution >= 4 is 46.2 Å². The number of benzene rings is 2. The lowest BCUT2D eigenvalue weighted by atomic mass is 10.2. The maximum Gasteiger partial charge on any atom is 0.261 e. The number of hydrogen-bond donors (Lipinski definition) is 0. The zero-order valence-corrected chi connectivity index (χ0v) is 17.8. The number of hydrogen-bond acceptors (Lipinski definition) is 1. The van der Waals surface area contributed by atoms with Crippen LogP contribution in [0.3, 0.4) is 0 Å². The van der Waals surface area contributed by atoms with E-state index >= 15 is 0 Å². The smallest absolute Gasteiger partial charge is 0.261 e. The molecule has 0 fully saturated rings. The highest BCUT2D eigenvalue weighted by molar-refractivity contribution is 9.11. The molecule has 0 saturated heterocycles. The predicted molar refractivity (Wildman–Crippen MR) is 111 cm³/mol. The maximum absolute atomic E-state index is 6.73. The lowest BCUT2D eigenvalue weighted by molar-refractivity contribution is 0.303. The highest BCUT2D eigenvalue weighted by Crippen LogP contribution is 2.37. The van der Waals surface area contributed by atoms with Crippen LogP contribution in [0.5, 0.6) is 0 Å². The summed E-state index contributed by atoms with van der Waals surface area (Å²) >= 11 is 9.44. The molecule has 0 radical (unpaired) electrons. The Bertz CT molecular complexity index is 626. The third-order valence-electron chi connectivity index (χ3n) is 4.19. The van der Waals surface area contributed by atoms with Gasteiger partial charge in [-0.25, -0.2) is 0 Å². The van der Waals surface area contributed by atoms with Gasteiger partial charge in [0.05, 0.1) is 0 Å². The van der Waals surface area contributed by atoms with Crippen LogP contribution in [-0.4, -0.2) is 14.9 Å². The van der Waals surface area contributed by atoms with Gasteiger partial charge in [-0.15, -0.1) is 0 Å². The largest absolute Gasteiger partial charge is 0.407 e. The fourth-order valence-corrected chi connectivity index (χ4v) is 7.99. The van der Waals surface area contributed by atoms with Crippen LogP contribution in [0.1, 0.15) is 27.2 Å². The van der Waals surface area contributed by atoms with Crippen molar-refractivity contribution in [3.63, 3.8) is 0 Å². The predicted octanol–water partition coefficient (Wildman–Crippen LogP) is 5.43. The summed E-state index contributed by atoms with van der Waals surface area (Å²) in [5.41, 5.74) is 0. The molecule has 0 aliphatic rings. The molecule has 0 N–H and O–H groups in total. The Balaban J connectivity index is 2.53. The van der Waals surface area contributed by atoms with Crippen LogP contribution >= 0.6 is 27.5 Å². The molecule has 2 rings (SSSR count). The number of halogens is 2. The van der Waals surface area contributed by atoms with Crippen LogP contribution in [0.2, 0.25) is 5.04 Å². The minimum Gasteiger partial charge on any atom is -0.407 e. The van der Waals surface area contributed by atoms with Gasteiger partial charge in [-0.05, 0) is 20.4 Å². The second-order valence-corrected chi connectivity index (χ2v) is 12.1. The molecule has 0 atom stereocenters. The molecule has 1 nitrogen and oxygen atoms in total. The Morgan fingerprint density at radius 3 is 1.83 bits per heavy atom. The first-order chi connectivity index (χ1) is 11.4. The normalized spacial score (nSPS) is 13.1. The molecule has 0 bridgehead atoms. The van der Waals surface area contributed by atoms with E-state index in [2.05, 4.69) is 97.4 Å². The van der Waals surface area contributed by atoms with Gasteiger partial charge < -0.3 is 4.43 Å². The van der Waals surface area contributed by atoms with E-state index in [0.717, 1.165) is 5.03 Å². The van der Waals surface area contributed by atoms with Crippen LogP contribution in [-0.2, 0) is 4.43 Å². The molecule has 0 spiro atoms. The van der Waals surface area contributed by atoms with E-state index in [1.54, 1.807) is 4.99 Å². The zero-order chi connectivity index (χ0) is 17.6. The Kier molecular flexibility index (Phi) is 6.87. The first-order valence-electron chi connectivity index (χ1n) is 8.11. The van der Waals surface area contributed by atoms with E-state index < -0.39 is 8.32 Å². The molecule has 2 aromatic carbocycles. The van der Waals surface area contributed by atoms with Crippen molar-refractivity contribution in [1.82, 2.24) is 0 Å². The molecule has 0 aliphatic heterocycles. The van der Waals surface area contributed by atoms with Crippen LogP contribution < -0.4 is 10.4 Å². The van der Waals surface area contributed by atoms with Crippen molar-refractivity contribution in [2.24, 2.45) is 0 Å². The molecule has 0 heterocycles. The maximum atomic E-state index is 6.73. The summed E-state index contributed by atoms with van der Waals surface area (Å²) in [4.78, 5) is 1.75. The number of rotatable bonds is 6. The first-order valence-corrected chi connectivity index (χ1v) is 11.3. The first kappa shape index (κ1) is 19.5. The molecule has 0 saturated carbocycles. The highest BCUT2D eigenvalue weighted by atomic mass is 79.9. The quantitative estimate of drug-likeness (QED) is 0.563. The molecule has 2 aromatic rings. The molecular weight excluding hydrogens is 400 g/mol. The fraction of sp³-hybridized carbons (Fsp3) is 0.300. The highest BCUT2D eigenvalue weighted by Gasteiger charge is 2.49. The molecule has 0 unspecified atom stereocenters. The van der Waals surface area contributed by atoms with Crippen molar-refractivity contribution in [3.05, 3.63) is 70.7 Å². The Morgan fingerprint density at radius 2 is 1.46 bits per heavy atom. The van der Waals surface area contributed by atoms with Crippen molar-refractivity contribution in [1.29, 1.82) is 0 Å². The third kappa shape index (κ3) is 4.20. The van der Waals surface area contributed by atoms with E-state index in [1.165, 1.54) is 10.4 Å². The monoisotopic (exact) mass is 422 g/mol. The van der Waals surface area contributed by atoms with Crippen molar-refractivity contribution < 1.29 is 4.43 Å². The lowest BCUT2D eigenvalue weighted by Crippen LogP contribution is -2.66. The molecule has 0 aromatic heterocycles. The summed E-state index contributed by atoms with van der Waals surface area (Å²) in [5.74, 6) is 0. The van der Waals surface area contributed by atoms with Gasteiger partial charge in [-0.1, -0.05) is 109 Å². The second-order valence-electron chi connectivity index (χ2n) is 6.82. The average molecular weight is 424 g/mol. The van der Waals surface area contributed by atoms with Gasteiger partial charge in [0.2, 0.25) is 0 Å². The molecule has 0 aliphatic carbocycles. The summed E-state index contributed by atoms with van der Waals surface area (Å²) in [5, 5.41) is 3.36. The SMILES string of the molecule is CC(C)(C)[Si](OCC/C(Cl)=C/Br)(c1ccccc1)c1ccccc1. The zero-order valence-electron chi connectivity index (χ0n) is 14.4. The van der Waals surface area contributed by atoms with E-state index in [1.807, 2.05) is 0 Å². The fourth-order valence-electron chi connectivity index (χ4n) is 3.12. The van der Waals surface area contributed by atoms with E-state index in [0.29, 0.717) is 13.0 Å². The summed E-state index contributed by atoms with van der Waals surface area (Å²) in [7, 11) is -2.43. The van der Waals surface area contributed by atoms with Crippen LogP contribution in [0.15, 0.2) is 70.7 Å². The van der Waals surface area contributed by atoms with Gasteiger partial charge in [0.1, 0.15) is 0 Å². The Hall–Kier alpha value is -0.873. The Morgan fingerprint density at radius 1 is 1.00 bits per heavy atom.